The molecule has 2 rings (SSSR count). The molecule has 0 spiro atoms. The van der Waals surface area contributed by atoms with Gasteiger partial charge in [0.2, 0.25) is 0 Å². The Balaban J connectivity index is 2.35. The molecular formula is C16H17NO. The predicted octanol–water partition coefficient (Wildman–Crippen LogP) is 3.70. The molecule has 0 aliphatic heterocycles. The van der Waals surface area contributed by atoms with Gasteiger partial charge in [0.1, 0.15) is 0 Å². The Bertz CT molecular complexity index is 505. The summed E-state index contributed by atoms with van der Waals surface area (Å²) in [6, 6.07) is 15.1. The Hall–Kier alpha value is -1.96. The Morgan fingerprint density at radius 1 is 1.00 bits per heavy atom. The van der Waals surface area contributed by atoms with Gasteiger partial charge in [-0.3, -0.25) is 9.78 Å². The van der Waals surface area contributed by atoms with Crippen molar-refractivity contribution in [2.45, 2.75) is 19.8 Å². The average molecular weight is 239 g/mol. The van der Waals surface area contributed by atoms with Gasteiger partial charge in [0.25, 0.3) is 0 Å². The molecule has 0 saturated heterocycles. The summed E-state index contributed by atoms with van der Waals surface area (Å²) in [6.07, 6.45) is 1.74. The third-order valence-corrected chi connectivity index (χ3v) is 3.01. The fourth-order valence-corrected chi connectivity index (χ4v) is 2.12. The SMILES string of the molecule is CC(C)C(C(=O)c1ccccc1)c1ccccn1. The average Bonchev–Trinajstić information content (AvgIpc) is 2.40. The smallest absolute Gasteiger partial charge is 0.172 e. The van der Waals surface area contributed by atoms with E-state index in [2.05, 4.69) is 18.8 Å². The summed E-state index contributed by atoms with van der Waals surface area (Å²) in [4.78, 5) is 16.9. The second-order valence-electron chi connectivity index (χ2n) is 4.71. The topological polar surface area (TPSA) is 30.0 Å². The number of aromatic nitrogens is 1. The number of hydrogen-bond donors (Lipinski definition) is 0. The third kappa shape index (κ3) is 2.65. The van der Waals surface area contributed by atoms with Crippen molar-refractivity contribution in [2.24, 2.45) is 5.92 Å². The van der Waals surface area contributed by atoms with E-state index in [-0.39, 0.29) is 17.6 Å². The van der Waals surface area contributed by atoms with Crippen LogP contribution in [-0.2, 0) is 0 Å². The quantitative estimate of drug-likeness (QED) is 0.761. The molecule has 0 bridgehead atoms. The van der Waals surface area contributed by atoms with Gasteiger partial charge in [-0.15, -0.1) is 0 Å². The lowest BCUT2D eigenvalue weighted by Gasteiger charge is -2.19. The summed E-state index contributed by atoms with van der Waals surface area (Å²) in [5.41, 5.74) is 1.60. The lowest BCUT2D eigenvalue weighted by Crippen LogP contribution is -2.19. The molecular weight excluding hydrogens is 222 g/mol. The summed E-state index contributed by atoms with van der Waals surface area (Å²) in [5.74, 6) is 0.200. The van der Waals surface area contributed by atoms with Crippen LogP contribution in [-0.4, -0.2) is 10.8 Å². The van der Waals surface area contributed by atoms with Crippen LogP contribution in [0, 0.1) is 5.92 Å². The van der Waals surface area contributed by atoms with Crippen LogP contribution >= 0.6 is 0 Å². The lowest BCUT2D eigenvalue weighted by atomic mass is 9.85. The second-order valence-corrected chi connectivity index (χ2v) is 4.71. The number of nitrogens with zero attached hydrogens (tertiary/aromatic N) is 1. The van der Waals surface area contributed by atoms with Crippen molar-refractivity contribution >= 4 is 5.78 Å². The van der Waals surface area contributed by atoms with Gasteiger partial charge < -0.3 is 0 Å². The summed E-state index contributed by atoms with van der Waals surface area (Å²) < 4.78 is 0. The van der Waals surface area contributed by atoms with Crippen molar-refractivity contribution in [2.75, 3.05) is 0 Å². The molecule has 1 unspecified atom stereocenters. The van der Waals surface area contributed by atoms with Crippen molar-refractivity contribution in [3.63, 3.8) is 0 Å². The Labute approximate surface area is 108 Å². The van der Waals surface area contributed by atoms with Crippen molar-refractivity contribution in [1.82, 2.24) is 4.98 Å². The standard InChI is InChI=1S/C16H17NO/c1-12(2)15(14-10-6-7-11-17-14)16(18)13-8-4-3-5-9-13/h3-12,15H,1-2H3. The highest BCUT2D eigenvalue weighted by Crippen LogP contribution is 2.26. The molecule has 18 heavy (non-hydrogen) atoms. The first kappa shape index (κ1) is 12.5. The third-order valence-electron chi connectivity index (χ3n) is 3.01. The van der Waals surface area contributed by atoms with E-state index in [4.69, 9.17) is 0 Å². The minimum atomic E-state index is -0.173. The number of ketones is 1. The van der Waals surface area contributed by atoms with Crippen LogP contribution in [0.5, 0.6) is 0 Å². The molecule has 0 N–H and O–H groups in total. The summed E-state index contributed by atoms with van der Waals surface area (Å²) in [6.45, 7) is 4.11. The molecule has 1 atom stereocenters. The maximum Gasteiger partial charge on any atom is 0.172 e. The number of carbonyl (C=O) groups is 1. The van der Waals surface area contributed by atoms with Gasteiger partial charge >= 0.3 is 0 Å². The molecule has 0 radical (unpaired) electrons. The molecule has 0 amide bonds. The van der Waals surface area contributed by atoms with E-state index >= 15 is 0 Å². The summed E-state index contributed by atoms with van der Waals surface area (Å²) in [7, 11) is 0. The molecule has 1 aromatic carbocycles. The van der Waals surface area contributed by atoms with E-state index in [0.29, 0.717) is 0 Å². The molecule has 2 nitrogen and oxygen atoms in total. The van der Waals surface area contributed by atoms with Crippen LogP contribution in [0.3, 0.4) is 0 Å². The number of carbonyl (C=O) groups excluding carboxylic acids is 1. The summed E-state index contributed by atoms with van der Waals surface area (Å²) in [5, 5.41) is 0. The number of benzene rings is 1. The van der Waals surface area contributed by atoms with Gasteiger partial charge in [0.05, 0.1) is 11.6 Å². The lowest BCUT2D eigenvalue weighted by molar-refractivity contribution is 0.0936. The van der Waals surface area contributed by atoms with Crippen molar-refractivity contribution in [3.05, 3.63) is 66.0 Å². The first-order chi connectivity index (χ1) is 8.70. The second kappa shape index (κ2) is 5.58. The maximum absolute atomic E-state index is 12.5. The molecule has 0 fully saturated rings. The molecule has 1 aromatic heterocycles. The first-order valence-electron chi connectivity index (χ1n) is 6.20. The van der Waals surface area contributed by atoms with Gasteiger partial charge in [-0.1, -0.05) is 50.2 Å². The minimum Gasteiger partial charge on any atom is -0.293 e. The van der Waals surface area contributed by atoms with Crippen molar-refractivity contribution in [3.8, 4) is 0 Å². The van der Waals surface area contributed by atoms with E-state index < -0.39 is 0 Å². The molecule has 0 saturated carbocycles. The normalized spacial score (nSPS) is 12.4. The van der Waals surface area contributed by atoms with Gasteiger partial charge in [-0.05, 0) is 18.1 Å². The fraction of sp³-hybridized carbons (Fsp3) is 0.250. The zero-order valence-corrected chi connectivity index (χ0v) is 10.7. The van der Waals surface area contributed by atoms with Gasteiger partial charge in [-0.25, -0.2) is 0 Å². The maximum atomic E-state index is 12.5. The van der Waals surface area contributed by atoms with Gasteiger partial charge in [-0.2, -0.15) is 0 Å². The van der Waals surface area contributed by atoms with Gasteiger partial charge in [0, 0.05) is 11.8 Å². The zero-order valence-electron chi connectivity index (χ0n) is 10.7. The molecule has 92 valence electrons. The monoisotopic (exact) mass is 239 g/mol. The molecule has 0 aliphatic rings. The highest BCUT2D eigenvalue weighted by molar-refractivity contribution is 6.00. The van der Waals surface area contributed by atoms with E-state index in [1.807, 2.05) is 48.5 Å². The molecule has 2 aromatic rings. The van der Waals surface area contributed by atoms with E-state index in [9.17, 15) is 4.79 Å². The van der Waals surface area contributed by atoms with E-state index in [1.165, 1.54) is 0 Å². The van der Waals surface area contributed by atoms with Gasteiger partial charge in [0.15, 0.2) is 5.78 Å². The zero-order chi connectivity index (χ0) is 13.0. The molecule has 1 heterocycles. The summed E-state index contributed by atoms with van der Waals surface area (Å²) >= 11 is 0. The highest BCUT2D eigenvalue weighted by Gasteiger charge is 2.25. The Kier molecular flexibility index (Phi) is 3.88. The number of hydrogen-bond acceptors (Lipinski definition) is 2. The van der Waals surface area contributed by atoms with Crippen molar-refractivity contribution in [1.29, 1.82) is 0 Å². The van der Waals surface area contributed by atoms with Crippen LogP contribution in [0.2, 0.25) is 0 Å². The van der Waals surface area contributed by atoms with Crippen LogP contribution in [0.25, 0.3) is 0 Å². The largest absolute Gasteiger partial charge is 0.293 e. The highest BCUT2D eigenvalue weighted by atomic mass is 16.1. The molecule has 2 heteroatoms. The Morgan fingerprint density at radius 2 is 1.67 bits per heavy atom. The first-order valence-corrected chi connectivity index (χ1v) is 6.20. The van der Waals surface area contributed by atoms with Crippen LogP contribution in [0.1, 0.15) is 35.8 Å². The van der Waals surface area contributed by atoms with E-state index in [0.717, 1.165) is 11.3 Å². The predicted molar refractivity (Wildman–Crippen MR) is 72.6 cm³/mol. The van der Waals surface area contributed by atoms with Crippen LogP contribution in [0.4, 0.5) is 0 Å². The van der Waals surface area contributed by atoms with Crippen molar-refractivity contribution < 1.29 is 4.79 Å². The van der Waals surface area contributed by atoms with E-state index in [1.54, 1.807) is 6.20 Å². The molecule has 0 aliphatic carbocycles. The number of pyridine rings is 1. The number of rotatable bonds is 4. The fourth-order valence-electron chi connectivity index (χ4n) is 2.12. The van der Waals surface area contributed by atoms with Crippen LogP contribution < -0.4 is 0 Å². The Morgan fingerprint density at radius 3 is 2.22 bits per heavy atom. The van der Waals surface area contributed by atoms with Crippen LogP contribution in [0.15, 0.2) is 54.7 Å². The number of Topliss-reactive ketones (excluding diaryl/α,β-unsaturated/α-hetero) is 1. The minimum absolute atomic E-state index is 0.143.